The normalized spacial score (nSPS) is 16.8. The van der Waals surface area contributed by atoms with E-state index in [1.807, 2.05) is 54.6 Å². The van der Waals surface area contributed by atoms with Crippen molar-refractivity contribution in [1.29, 1.82) is 0 Å². The second-order valence-corrected chi connectivity index (χ2v) is 14.7. The molecule has 1 saturated heterocycles. The van der Waals surface area contributed by atoms with Crippen molar-refractivity contribution in [2.24, 2.45) is 5.16 Å². The van der Waals surface area contributed by atoms with E-state index in [9.17, 15) is 14.4 Å². The number of carbonyl (C=O) groups is 3. The van der Waals surface area contributed by atoms with Crippen LogP contribution in [0.4, 0.5) is 5.13 Å². The summed E-state index contributed by atoms with van der Waals surface area (Å²) in [6.45, 7) is -0.00755. The van der Waals surface area contributed by atoms with Crippen LogP contribution in [0.5, 0.6) is 5.75 Å². The number of β-lactam (4-membered cyclic amide) rings is 1. The predicted molar refractivity (Wildman–Crippen MR) is 214 cm³/mol. The summed E-state index contributed by atoms with van der Waals surface area (Å²) in [5.74, 6) is -0.706. The molecule has 2 N–H and O–H groups in total. The molecule has 3 heterocycles. The molecule has 0 bridgehead atoms. The summed E-state index contributed by atoms with van der Waals surface area (Å²) in [7, 11) is 2.90. The number of thiazole rings is 1. The number of carbonyl (C=O) groups excluding carboxylic acids is 3. The Kier molecular flexibility index (Phi) is 11.5. The zero-order valence-electron chi connectivity index (χ0n) is 29.8. The molecule has 0 aliphatic carbocycles. The number of thioether (sulfide) groups is 1. The van der Waals surface area contributed by atoms with Gasteiger partial charge in [0.2, 0.25) is 0 Å². The van der Waals surface area contributed by atoms with Crippen LogP contribution in [0.3, 0.4) is 0 Å². The quantitative estimate of drug-likeness (QED) is 0.0321. The molecule has 2 amide bonds. The van der Waals surface area contributed by atoms with E-state index in [1.54, 1.807) is 36.8 Å². The zero-order valence-corrected chi connectivity index (χ0v) is 32.2. The summed E-state index contributed by atoms with van der Waals surface area (Å²) >= 11 is 8.93. The Morgan fingerprint density at radius 1 is 0.909 bits per heavy atom. The van der Waals surface area contributed by atoms with Crippen LogP contribution in [-0.2, 0) is 36.1 Å². The Balaban J connectivity index is 1.10. The molecular weight excluding hydrogens is 758 g/mol. The molecule has 4 aromatic carbocycles. The minimum Gasteiger partial charge on any atom is -0.497 e. The number of fused-ring (bicyclic) bond motifs is 1. The molecule has 0 radical (unpaired) electrons. The van der Waals surface area contributed by atoms with Crippen LogP contribution < -0.4 is 15.4 Å². The summed E-state index contributed by atoms with van der Waals surface area (Å²) in [6.07, 6.45) is 0. The van der Waals surface area contributed by atoms with Gasteiger partial charge in [-0.15, -0.1) is 34.7 Å². The maximum absolute atomic E-state index is 13.9. The lowest BCUT2D eigenvalue weighted by Crippen LogP contribution is -2.71. The lowest BCUT2D eigenvalue weighted by atomic mass is 9.77. The minimum absolute atomic E-state index is 0.00755. The number of rotatable bonds is 14. The van der Waals surface area contributed by atoms with Gasteiger partial charge >= 0.3 is 5.97 Å². The van der Waals surface area contributed by atoms with Crippen molar-refractivity contribution in [3.8, 4) is 5.75 Å². The number of methoxy groups -OCH3 is 1. The topological polar surface area (TPSA) is 131 Å². The van der Waals surface area contributed by atoms with Crippen LogP contribution in [0.2, 0.25) is 0 Å². The van der Waals surface area contributed by atoms with Gasteiger partial charge in [-0.05, 0) is 40.0 Å². The van der Waals surface area contributed by atoms with Gasteiger partial charge in [0.05, 0.1) is 7.11 Å². The van der Waals surface area contributed by atoms with Crippen LogP contribution in [-0.4, -0.2) is 70.6 Å². The standard InChI is InChI=1S/C41H36ClN5O6S2/c1-51-31-20-18-26(19-21-31)23-53-39(50)35-27(22-42)24-54-38-34(37(49)47(35)38)44-36(48)33(46-52-2)32-25-55-40(43-32)45-41(28-12-6-3-7-13-28,29-14-8-4-9-15-29)30-16-10-5-11-17-30/h3-21,25,34,38H,22-24H2,1-2H3,(H,43,45)(H,44,48)/b46-33-/t34-,38-/m1/s1. The molecule has 1 fully saturated rings. The van der Waals surface area contributed by atoms with E-state index in [-0.39, 0.29) is 29.6 Å². The monoisotopic (exact) mass is 793 g/mol. The highest BCUT2D eigenvalue weighted by Gasteiger charge is 2.54. The maximum Gasteiger partial charge on any atom is 0.355 e. The highest BCUT2D eigenvalue weighted by atomic mass is 35.5. The fourth-order valence-corrected chi connectivity index (χ4v) is 9.03. The van der Waals surface area contributed by atoms with Crippen LogP contribution >= 0.6 is 34.7 Å². The molecular formula is C41H36ClN5O6S2. The van der Waals surface area contributed by atoms with E-state index >= 15 is 0 Å². The number of halogens is 1. The number of anilines is 1. The maximum atomic E-state index is 13.9. The number of nitrogens with one attached hydrogen (secondary N) is 2. The van der Waals surface area contributed by atoms with Crippen molar-refractivity contribution in [3.63, 3.8) is 0 Å². The summed E-state index contributed by atoms with van der Waals surface area (Å²) in [5.41, 5.74) is 3.68. The van der Waals surface area contributed by atoms with Crippen molar-refractivity contribution in [3.05, 3.63) is 160 Å². The van der Waals surface area contributed by atoms with Gasteiger partial charge in [-0.1, -0.05) is 108 Å². The van der Waals surface area contributed by atoms with Gasteiger partial charge in [0, 0.05) is 17.0 Å². The van der Waals surface area contributed by atoms with Crippen molar-refractivity contribution < 1.29 is 28.7 Å². The molecule has 7 rings (SSSR count). The first-order chi connectivity index (χ1) is 26.9. The first kappa shape index (κ1) is 37.7. The number of hydrogen-bond donors (Lipinski definition) is 2. The van der Waals surface area contributed by atoms with Gasteiger partial charge in [-0.3, -0.25) is 14.5 Å². The summed E-state index contributed by atoms with van der Waals surface area (Å²) in [6, 6.07) is 36.4. The second kappa shape index (κ2) is 16.8. The molecule has 0 saturated carbocycles. The van der Waals surface area contributed by atoms with Gasteiger partial charge < -0.3 is 24.9 Å². The molecule has 0 unspecified atom stereocenters. The highest BCUT2D eigenvalue weighted by Crippen LogP contribution is 2.42. The third-order valence-corrected chi connectivity index (χ3v) is 11.7. The predicted octanol–water partition coefficient (Wildman–Crippen LogP) is 6.54. The van der Waals surface area contributed by atoms with Crippen molar-refractivity contribution >= 4 is 63.3 Å². The first-order valence-corrected chi connectivity index (χ1v) is 19.7. The molecule has 11 nitrogen and oxygen atoms in total. The summed E-state index contributed by atoms with van der Waals surface area (Å²) in [4.78, 5) is 52.1. The molecule has 2 atom stereocenters. The lowest BCUT2D eigenvalue weighted by Gasteiger charge is -2.49. The van der Waals surface area contributed by atoms with Crippen LogP contribution in [0, 0.1) is 0 Å². The molecule has 5 aromatic rings. The number of aromatic nitrogens is 1. The van der Waals surface area contributed by atoms with Crippen LogP contribution in [0.15, 0.2) is 137 Å². The molecule has 280 valence electrons. The Bertz CT molecular complexity index is 2120. The van der Waals surface area contributed by atoms with Crippen LogP contribution in [0.1, 0.15) is 27.9 Å². The Morgan fingerprint density at radius 3 is 2.05 bits per heavy atom. The number of oxime groups is 1. The molecule has 1 aromatic heterocycles. The smallest absolute Gasteiger partial charge is 0.355 e. The van der Waals surface area contributed by atoms with E-state index < -0.39 is 34.7 Å². The second-order valence-electron chi connectivity index (χ2n) is 12.5. The van der Waals surface area contributed by atoms with Gasteiger partial charge in [0.25, 0.3) is 11.8 Å². The van der Waals surface area contributed by atoms with Crippen molar-refractivity contribution in [2.45, 2.75) is 23.6 Å². The summed E-state index contributed by atoms with van der Waals surface area (Å²) in [5, 5.41) is 12.2. The Labute approximate surface area is 331 Å². The third-order valence-electron chi connectivity index (χ3n) is 9.28. The molecule has 2 aliphatic heterocycles. The van der Waals surface area contributed by atoms with Gasteiger partial charge in [0.1, 0.15) is 47.8 Å². The Morgan fingerprint density at radius 2 is 1.51 bits per heavy atom. The average Bonchev–Trinajstić information content (AvgIpc) is 3.71. The SMILES string of the molecule is CO/N=C(\C(=O)N[C@@H]1C(=O)N2C(C(=O)OCc3ccc(OC)cc3)=C(CCl)CS[C@H]12)c1csc(NC(c2ccccc2)(c2ccccc2)c2ccccc2)n1. The third kappa shape index (κ3) is 7.55. The van der Waals surface area contributed by atoms with Gasteiger partial charge in [-0.25, -0.2) is 9.78 Å². The van der Waals surface area contributed by atoms with E-state index in [4.69, 9.17) is 30.9 Å². The van der Waals surface area contributed by atoms with Crippen molar-refractivity contribution in [2.75, 3.05) is 31.2 Å². The molecule has 14 heteroatoms. The van der Waals surface area contributed by atoms with E-state index in [1.165, 1.54) is 35.1 Å². The first-order valence-electron chi connectivity index (χ1n) is 17.2. The molecule has 0 spiro atoms. The summed E-state index contributed by atoms with van der Waals surface area (Å²) < 4.78 is 10.8. The fraction of sp³-hybridized carbons (Fsp3) is 0.195. The minimum atomic E-state index is -0.945. The number of nitrogens with zero attached hydrogens (tertiary/aromatic N) is 3. The largest absolute Gasteiger partial charge is 0.497 e. The lowest BCUT2D eigenvalue weighted by molar-refractivity contribution is -0.153. The van der Waals surface area contributed by atoms with Crippen molar-refractivity contribution in [1.82, 2.24) is 15.2 Å². The molecule has 2 aliphatic rings. The number of ether oxygens (including phenoxy) is 2. The number of esters is 1. The van der Waals surface area contributed by atoms with Crippen LogP contribution in [0.25, 0.3) is 0 Å². The average molecular weight is 794 g/mol. The zero-order chi connectivity index (χ0) is 38.4. The van der Waals surface area contributed by atoms with Gasteiger partial charge in [0.15, 0.2) is 10.8 Å². The van der Waals surface area contributed by atoms with E-state index in [0.717, 1.165) is 22.3 Å². The number of hydrogen-bond acceptors (Lipinski definition) is 11. The number of benzene rings is 4. The number of alkyl halides is 1. The van der Waals surface area contributed by atoms with E-state index in [2.05, 4.69) is 52.2 Å². The molecule has 55 heavy (non-hydrogen) atoms. The van der Waals surface area contributed by atoms with E-state index in [0.29, 0.717) is 22.2 Å². The number of amides is 2. The Hall–Kier alpha value is -5.63. The van der Waals surface area contributed by atoms with Gasteiger partial charge in [-0.2, -0.15) is 0 Å². The highest BCUT2D eigenvalue weighted by molar-refractivity contribution is 8.00. The fourth-order valence-electron chi connectivity index (χ4n) is 6.60.